The lowest BCUT2D eigenvalue weighted by atomic mass is 10.2. The monoisotopic (exact) mass is 177 g/mol. The average molecular weight is 177 g/mol. The maximum Gasteiger partial charge on any atom is 0.197 e. The molecule has 2 N–H and O–H groups in total. The van der Waals surface area contributed by atoms with Gasteiger partial charge in [0.15, 0.2) is 11.5 Å². The summed E-state index contributed by atoms with van der Waals surface area (Å²) in [5.41, 5.74) is 7.19. The summed E-state index contributed by atoms with van der Waals surface area (Å²) in [5, 5.41) is 0. The molecule has 0 saturated carbocycles. The molecule has 0 aliphatic rings. The Balaban J connectivity index is 2.38. The van der Waals surface area contributed by atoms with Gasteiger partial charge in [-0.3, -0.25) is 4.98 Å². The molecular weight excluding hydrogens is 166 g/mol. The average Bonchev–Trinajstić information content (AvgIpc) is 2.44. The summed E-state index contributed by atoms with van der Waals surface area (Å²) in [7, 11) is 0. The lowest BCUT2D eigenvalue weighted by Gasteiger charge is -1.97. The number of nitrogens with two attached hydrogens (primary N) is 1. The Bertz CT molecular complexity index is 375. The van der Waals surface area contributed by atoms with E-state index < -0.39 is 0 Å². The number of nitrogens with zero attached hydrogens (tertiary/aromatic N) is 2. The third-order valence-corrected chi connectivity index (χ3v) is 1.73. The van der Waals surface area contributed by atoms with Crippen LogP contribution in [0.3, 0.4) is 0 Å². The molecule has 0 fully saturated rings. The van der Waals surface area contributed by atoms with E-state index in [1.54, 1.807) is 12.4 Å². The molecule has 0 bridgehead atoms. The van der Waals surface area contributed by atoms with Crippen LogP contribution in [0.4, 0.5) is 0 Å². The summed E-state index contributed by atoms with van der Waals surface area (Å²) >= 11 is 0. The second-order valence-corrected chi connectivity index (χ2v) is 3.13. The van der Waals surface area contributed by atoms with Gasteiger partial charge in [0, 0.05) is 18.7 Å². The van der Waals surface area contributed by atoms with Gasteiger partial charge >= 0.3 is 0 Å². The first-order valence-corrected chi connectivity index (χ1v) is 4.21. The smallest absolute Gasteiger partial charge is 0.197 e. The highest BCUT2D eigenvalue weighted by Crippen LogP contribution is 2.13. The van der Waals surface area contributed by atoms with Gasteiger partial charge < -0.3 is 10.2 Å². The van der Waals surface area contributed by atoms with Crippen molar-refractivity contribution in [2.24, 2.45) is 5.73 Å². The molecule has 0 aliphatic heterocycles. The van der Waals surface area contributed by atoms with Crippen LogP contribution in [-0.4, -0.2) is 16.0 Å². The minimum absolute atomic E-state index is 0.0704. The molecular formula is C9H11N3O. The first kappa shape index (κ1) is 8.19. The van der Waals surface area contributed by atoms with E-state index in [1.807, 2.05) is 13.0 Å². The summed E-state index contributed by atoms with van der Waals surface area (Å²) in [6, 6.07) is 1.89. The van der Waals surface area contributed by atoms with Gasteiger partial charge in [0.25, 0.3) is 0 Å². The molecule has 0 radical (unpaired) electrons. The highest BCUT2D eigenvalue weighted by atomic mass is 16.3. The maximum atomic E-state index is 5.63. The molecule has 0 aromatic carbocycles. The predicted octanol–water partition coefficient (Wildman–Crippen LogP) is 1.11. The van der Waals surface area contributed by atoms with Gasteiger partial charge in [-0.1, -0.05) is 0 Å². The number of hydrogen-bond donors (Lipinski definition) is 1. The van der Waals surface area contributed by atoms with E-state index in [4.69, 9.17) is 10.2 Å². The SMILES string of the molecule is CC(N)Cc1nc2ccncc2o1. The van der Waals surface area contributed by atoms with Crippen molar-refractivity contribution in [1.82, 2.24) is 9.97 Å². The second-order valence-electron chi connectivity index (χ2n) is 3.13. The number of aromatic nitrogens is 2. The third-order valence-electron chi connectivity index (χ3n) is 1.73. The van der Waals surface area contributed by atoms with Crippen LogP contribution in [0.1, 0.15) is 12.8 Å². The van der Waals surface area contributed by atoms with E-state index >= 15 is 0 Å². The summed E-state index contributed by atoms with van der Waals surface area (Å²) in [6.07, 6.45) is 4.02. The van der Waals surface area contributed by atoms with Gasteiger partial charge in [-0.2, -0.15) is 0 Å². The van der Waals surface area contributed by atoms with Crippen molar-refractivity contribution in [3.8, 4) is 0 Å². The molecule has 1 atom stereocenters. The van der Waals surface area contributed by atoms with E-state index in [1.165, 1.54) is 0 Å². The fraction of sp³-hybridized carbons (Fsp3) is 0.333. The van der Waals surface area contributed by atoms with Crippen LogP contribution >= 0.6 is 0 Å². The number of pyridine rings is 1. The molecule has 68 valence electrons. The summed E-state index contributed by atoms with van der Waals surface area (Å²) in [6.45, 7) is 1.92. The van der Waals surface area contributed by atoms with Crippen molar-refractivity contribution in [3.05, 3.63) is 24.4 Å². The van der Waals surface area contributed by atoms with Crippen molar-refractivity contribution >= 4 is 11.1 Å². The number of oxazole rings is 1. The minimum atomic E-state index is 0.0704. The number of fused-ring (bicyclic) bond motifs is 1. The zero-order chi connectivity index (χ0) is 9.26. The van der Waals surface area contributed by atoms with Crippen molar-refractivity contribution in [1.29, 1.82) is 0 Å². The Hall–Kier alpha value is -1.42. The Morgan fingerprint density at radius 3 is 3.15 bits per heavy atom. The van der Waals surface area contributed by atoms with E-state index in [-0.39, 0.29) is 6.04 Å². The van der Waals surface area contributed by atoms with Crippen molar-refractivity contribution in [3.63, 3.8) is 0 Å². The van der Waals surface area contributed by atoms with Gasteiger partial charge in [-0.05, 0) is 13.0 Å². The van der Waals surface area contributed by atoms with Crippen LogP contribution in [0, 0.1) is 0 Å². The fourth-order valence-corrected chi connectivity index (χ4v) is 1.19. The lowest BCUT2D eigenvalue weighted by Crippen LogP contribution is -2.17. The molecule has 4 nitrogen and oxygen atoms in total. The summed E-state index contributed by atoms with van der Waals surface area (Å²) < 4.78 is 5.43. The van der Waals surface area contributed by atoms with Crippen LogP contribution in [-0.2, 0) is 6.42 Å². The largest absolute Gasteiger partial charge is 0.439 e. The molecule has 0 aliphatic carbocycles. The first-order valence-electron chi connectivity index (χ1n) is 4.21. The molecule has 2 aromatic heterocycles. The lowest BCUT2D eigenvalue weighted by molar-refractivity contribution is 0.506. The van der Waals surface area contributed by atoms with Crippen molar-refractivity contribution < 1.29 is 4.42 Å². The standard InChI is InChI=1S/C9H11N3O/c1-6(10)4-9-12-7-2-3-11-5-8(7)13-9/h2-3,5-6H,4,10H2,1H3. The van der Waals surface area contributed by atoms with Crippen molar-refractivity contribution in [2.45, 2.75) is 19.4 Å². The normalized spacial score (nSPS) is 13.4. The van der Waals surface area contributed by atoms with E-state index in [9.17, 15) is 0 Å². The molecule has 2 rings (SSSR count). The zero-order valence-corrected chi connectivity index (χ0v) is 7.40. The quantitative estimate of drug-likeness (QED) is 0.746. The third kappa shape index (κ3) is 1.67. The van der Waals surface area contributed by atoms with E-state index in [0.29, 0.717) is 12.3 Å². The molecule has 0 saturated heterocycles. The van der Waals surface area contributed by atoms with E-state index in [0.717, 1.165) is 11.1 Å². The van der Waals surface area contributed by atoms with Crippen LogP contribution in [0.25, 0.3) is 11.1 Å². The summed E-state index contributed by atoms with van der Waals surface area (Å²) in [4.78, 5) is 8.21. The van der Waals surface area contributed by atoms with Crippen LogP contribution in [0.5, 0.6) is 0 Å². The van der Waals surface area contributed by atoms with Crippen LogP contribution in [0.2, 0.25) is 0 Å². The van der Waals surface area contributed by atoms with Gasteiger partial charge in [-0.25, -0.2) is 4.98 Å². The molecule has 1 unspecified atom stereocenters. The predicted molar refractivity (Wildman–Crippen MR) is 49.2 cm³/mol. The highest BCUT2D eigenvalue weighted by molar-refractivity contribution is 5.70. The topological polar surface area (TPSA) is 64.9 Å². The molecule has 4 heteroatoms. The fourth-order valence-electron chi connectivity index (χ4n) is 1.19. The second kappa shape index (κ2) is 3.14. The van der Waals surface area contributed by atoms with Crippen LogP contribution in [0.15, 0.2) is 22.9 Å². The van der Waals surface area contributed by atoms with Gasteiger partial charge in [-0.15, -0.1) is 0 Å². The number of rotatable bonds is 2. The summed E-state index contributed by atoms with van der Waals surface area (Å²) in [5.74, 6) is 0.679. The Morgan fingerprint density at radius 1 is 1.62 bits per heavy atom. The number of hydrogen-bond acceptors (Lipinski definition) is 4. The van der Waals surface area contributed by atoms with Crippen molar-refractivity contribution in [2.75, 3.05) is 0 Å². The molecule has 13 heavy (non-hydrogen) atoms. The Kier molecular flexibility index (Phi) is 1.98. The highest BCUT2D eigenvalue weighted by Gasteiger charge is 2.06. The Labute approximate surface area is 75.8 Å². The zero-order valence-electron chi connectivity index (χ0n) is 7.40. The van der Waals surface area contributed by atoms with Gasteiger partial charge in [0.2, 0.25) is 0 Å². The molecule has 2 heterocycles. The maximum absolute atomic E-state index is 5.63. The molecule has 0 spiro atoms. The van der Waals surface area contributed by atoms with Gasteiger partial charge in [0.05, 0.1) is 6.20 Å². The van der Waals surface area contributed by atoms with E-state index in [2.05, 4.69) is 9.97 Å². The van der Waals surface area contributed by atoms with Gasteiger partial charge in [0.1, 0.15) is 5.52 Å². The van der Waals surface area contributed by atoms with Crippen LogP contribution < -0.4 is 5.73 Å². The molecule has 2 aromatic rings. The first-order chi connectivity index (χ1) is 6.25. The Morgan fingerprint density at radius 2 is 2.46 bits per heavy atom. The minimum Gasteiger partial charge on any atom is -0.439 e. The molecule has 0 amide bonds.